The van der Waals surface area contributed by atoms with Crippen LogP contribution in [0.25, 0.3) is 0 Å². The van der Waals surface area contributed by atoms with Crippen molar-refractivity contribution in [2.45, 2.75) is 31.3 Å². The number of carbonyl (C=O) groups is 1. The van der Waals surface area contributed by atoms with Crippen molar-refractivity contribution in [2.75, 3.05) is 26.5 Å². The van der Waals surface area contributed by atoms with Crippen LogP contribution in [0.1, 0.15) is 17.4 Å². The van der Waals surface area contributed by atoms with Gasteiger partial charge < -0.3 is 5.32 Å². The van der Waals surface area contributed by atoms with E-state index in [0.717, 1.165) is 4.31 Å². The average molecular weight is 430 g/mol. The maximum atomic E-state index is 12.6. The van der Waals surface area contributed by atoms with Crippen LogP contribution in [0.15, 0.2) is 34.5 Å². The number of likely N-dealkylation sites (N-methyl/N-ethyl adjacent to an activating group) is 1. The van der Waals surface area contributed by atoms with Gasteiger partial charge in [-0.15, -0.1) is 11.3 Å². The van der Waals surface area contributed by atoms with Gasteiger partial charge in [0.05, 0.1) is 11.1 Å². The van der Waals surface area contributed by atoms with Crippen LogP contribution in [-0.2, 0) is 21.4 Å². The van der Waals surface area contributed by atoms with Crippen LogP contribution in [-0.4, -0.2) is 50.7 Å². The van der Waals surface area contributed by atoms with Gasteiger partial charge in [-0.25, -0.2) is 12.7 Å². The maximum Gasteiger partial charge on any atom is 0.244 e. The van der Waals surface area contributed by atoms with Crippen LogP contribution < -0.4 is 5.32 Å². The van der Waals surface area contributed by atoms with Gasteiger partial charge in [-0.2, -0.15) is 0 Å². The van der Waals surface area contributed by atoms with Gasteiger partial charge in [0.25, 0.3) is 0 Å². The zero-order valence-corrected chi connectivity index (χ0v) is 18.4. The largest absolute Gasteiger partial charge is 0.325 e. The summed E-state index contributed by atoms with van der Waals surface area (Å²) in [5, 5.41) is 4.92. The van der Waals surface area contributed by atoms with Crippen molar-refractivity contribution < 1.29 is 13.2 Å². The molecule has 2 rings (SSSR count). The van der Waals surface area contributed by atoms with E-state index < -0.39 is 16.1 Å². The lowest BCUT2D eigenvalue weighted by Crippen LogP contribution is -2.39. The Morgan fingerprint density at radius 3 is 2.48 bits per heavy atom. The minimum atomic E-state index is -3.70. The van der Waals surface area contributed by atoms with E-state index in [1.165, 1.54) is 36.7 Å². The lowest BCUT2D eigenvalue weighted by Gasteiger charge is -2.24. The Morgan fingerprint density at radius 1 is 1.26 bits per heavy atom. The molecule has 1 atom stereocenters. The number of aryl methyl sites for hydroxylation is 1. The molecule has 148 valence electrons. The molecule has 6 nitrogen and oxygen atoms in total. The Kier molecular flexibility index (Phi) is 7.04. The van der Waals surface area contributed by atoms with Crippen LogP contribution in [0.4, 0.5) is 5.69 Å². The number of nitrogens with zero attached hydrogens (tertiary/aromatic N) is 2. The minimum absolute atomic E-state index is 0.0396. The molecule has 2 aromatic rings. The molecule has 0 saturated carbocycles. The smallest absolute Gasteiger partial charge is 0.244 e. The first kappa shape index (κ1) is 21.8. The van der Waals surface area contributed by atoms with Crippen molar-refractivity contribution in [1.82, 2.24) is 9.21 Å². The Bertz CT molecular complexity index is 926. The summed E-state index contributed by atoms with van der Waals surface area (Å²) in [5.74, 6) is -0.220. The van der Waals surface area contributed by atoms with E-state index in [1.807, 2.05) is 31.2 Å². The van der Waals surface area contributed by atoms with Gasteiger partial charge in [-0.05, 0) is 56.1 Å². The normalized spacial score (nSPS) is 13.2. The highest BCUT2D eigenvalue weighted by molar-refractivity contribution is 7.89. The summed E-state index contributed by atoms with van der Waals surface area (Å²) in [4.78, 5) is 15.7. The summed E-state index contributed by atoms with van der Waals surface area (Å²) in [5.41, 5.74) is 1.59. The quantitative estimate of drug-likeness (QED) is 0.732. The number of carbonyl (C=O) groups excluding carboxylic acids is 1. The predicted octanol–water partition coefficient (Wildman–Crippen LogP) is 3.42. The number of halogens is 1. The van der Waals surface area contributed by atoms with E-state index in [-0.39, 0.29) is 15.8 Å². The number of hydrogen-bond acceptors (Lipinski definition) is 5. The molecule has 0 saturated heterocycles. The van der Waals surface area contributed by atoms with E-state index in [2.05, 4.69) is 11.4 Å². The Balaban J connectivity index is 2.14. The predicted molar refractivity (Wildman–Crippen MR) is 111 cm³/mol. The van der Waals surface area contributed by atoms with Crippen LogP contribution in [0.5, 0.6) is 0 Å². The lowest BCUT2D eigenvalue weighted by molar-refractivity contribution is -0.120. The highest BCUT2D eigenvalue weighted by atomic mass is 35.5. The molecule has 0 unspecified atom stereocenters. The molecule has 0 fully saturated rings. The Labute approximate surface area is 169 Å². The molecule has 0 aliphatic rings. The van der Waals surface area contributed by atoms with Crippen LogP contribution in [0.2, 0.25) is 5.02 Å². The molecule has 0 aliphatic heterocycles. The third-order valence-corrected chi connectivity index (χ3v) is 7.66. The fourth-order valence-corrected chi connectivity index (χ4v) is 4.71. The van der Waals surface area contributed by atoms with Gasteiger partial charge in [-0.3, -0.25) is 9.69 Å². The highest BCUT2D eigenvalue weighted by Gasteiger charge is 2.23. The molecular formula is C18H24ClN3O3S2. The summed E-state index contributed by atoms with van der Waals surface area (Å²) < 4.78 is 25.8. The number of sulfonamides is 1. The molecule has 1 heterocycles. The number of benzene rings is 1. The van der Waals surface area contributed by atoms with Gasteiger partial charge >= 0.3 is 0 Å². The number of thiophene rings is 1. The van der Waals surface area contributed by atoms with E-state index >= 15 is 0 Å². The molecule has 1 amide bonds. The zero-order valence-electron chi connectivity index (χ0n) is 16.0. The first-order valence-electron chi connectivity index (χ1n) is 8.30. The molecule has 0 bridgehead atoms. The van der Waals surface area contributed by atoms with E-state index in [0.29, 0.717) is 12.2 Å². The Morgan fingerprint density at radius 2 is 1.93 bits per heavy atom. The second-order valence-electron chi connectivity index (χ2n) is 6.54. The second-order valence-corrected chi connectivity index (χ2v) is 10.1. The zero-order chi connectivity index (χ0) is 20.4. The molecule has 0 aliphatic carbocycles. The summed E-state index contributed by atoms with van der Waals surface area (Å²) in [6, 6.07) is 6.10. The highest BCUT2D eigenvalue weighted by Crippen LogP contribution is 2.27. The summed E-state index contributed by atoms with van der Waals surface area (Å²) >= 11 is 7.70. The molecule has 1 aromatic heterocycles. The van der Waals surface area contributed by atoms with Gasteiger partial charge in [0.2, 0.25) is 15.9 Å². The number of nitrogens with one attached hydrogen (secondary N) is 1. The molecule has 1 N–H and O–H groups in total. The molecule has 27 heavy (non-hydrogen) atoms. The monoisotopic (exact) mass is 429 g/mol. The molecule has 0 radical (unpaired) electrons. The first-order valence-corrected chi connectivity index (χ1v) is 11.0. The van der Waals surface area contributed by atoms with Crippen LogP contribution in [0, 0.1) is 6.92 Å². The van der Waals surface area contributed by atoms with Crippen molar-refractivity contribution in [3.05, 3.63) is 45.1 Å². The first-order chi connectivity index (χ1) is 12.5. The Hall–Kier alpha value is -1.45. The minimum Gasteiger partial charge on any atom is -0.325 e. The van der Waals surface area contributed by atoms with Crippen LogP contribution >= 0.6 is 22.9 Å². The second kappa shape index (κ2) is 8.70. The van der Waals surface area contributed by atoms with Gasteiger partial charge in [0, 0.05) is 31.2 Å². The average Bonchev–Trinajstić information content (AvgIpc) is 3.00. The van der Waals surface area contributed by atoms with E-state index in [1.54, 1.807) is 17.4 Å². The van der Waals surface area contributed by atoms with Gasteiger partial charge in [-0.1, -0.05) is 11.6 Å². The lowest BCUT2D eigenvalue weighted by atomic mass is 10.2. The molecule has 0 spiro atoms. The molecule has 1 aromatic carbocycles. The topological polar surface area (TPSA) is 69.7 Å². The third kappa shape index (κ3) is 5.08. The number of rotatable bonds is 7. The summed E-state index contributed by atoms with van der Waals surface area (Å²) in [7, 11) is 1.04. The summed E-state index contributed by atoms with van der Waals surface area (Å²) in [6.45, 7) is 4.52. The third-order valence-electron chi connectivity index (χ3n) is 4.36. The van der Waals surface area contributed by atoms with Gasteiger partial charge in [0.15, 0.2) is 0 Å². The molecular weight excluding hydrogens is 406 g/mol. The van der Waals surface area contributed by atoms with Crippen LogP contribution in [0.3, 0.4) is 0 Å². The standard InChI is InChI=1S/C18H24ClN3O3S2/c1-12-8-9-26-16(12)11-22(5)13(2)18(23)20-14-6-7-15(19)17(10-14)27(24,25)21(3)4/h6-10,13H,11H2,1-5H3,(H,20,23)/t13-/m0/s1. The molecule has 9 heteroatoms. The fraction of sp³-hybridized carbons (Fsp3) is 0.389. The number of anilines is 1. The number of hydrogen-bond donors (Lipinski definition) is 1. The van der Waals surface area contributed by atoms with E-state index in [4.69, 9.17) is 11.6 Å². The van der Waals surface area contributed by atoms with Crippen molar-refractivity contribution in [3.63, 3.8) is 0 Å². The van der Waals surface area contributed by atoms with Crippen molar-refractivity contribution in [1.29, 1.82) is 0 Å². The fourth-order valence-electron chi connectivity index (χ4n) is 2.35. The van der Waals surface area contributed by atoms with Crippen molar-refractivity contribution in [3.8, 4) is 0 Å². The SMILES string of the molecule is Cc1ccsc1CN(C)[C@@H](C)C(=O)Nc1ccc(Cl)c(S(=O)(=O)N(C)C)c1. The van der Waals surface area contributed by atoms with E-state index in [9.17, 15) is 13.2 Å². The number of amides is 1. The van der Waals surface area contributed by atoms with Crippen molar-refractivity contribution in [2.24, 2.45) is 0 Å². The van der Waals surface area contributed by atoms with Gasteiger partial charge in [0.1, 0.15) is 4.90 Å². The summed E-state index contributed by atoms with van der Waals surface area (Å²) in [6.07, 6.45) is 0. The maximum absolute atomic E-state index is 12.6. The van der Waals surface area contributed by atoms with Crippen molar-refractivity contribution >= 4 is 44.6 Å².